The van der Waals surface area contributed by atoms with Crippen molar-refractivity contribution in [1.29, 1.82) is 0 Å². The number of carbonyl (C=O) groups excluding carboxylic acids is 2. The lowest BCUT2D eigenvalue weighted by atomic mass is 10.1. The fraction of sp³-hybridized carbons (Fsp3) is 0.250. The van der Waals surface area contributed by atoms with Gasteiger partial charge in [-0.25, -0.2) is 0 Å². The molecule has 0 heterocycles. The van der Waals surface area contributed by atoms with Crippen molar-refractivity contribution in [3.05, 3.63) is 133 Å². The minimum atomic E-state index is -0.311. The standard InChI is InChI=1S/C40H45NO6/c1-4-7-24-44-37-21-17-32(26-39(37)46-29-31(6-3)12-5-2)15-19-35(42)28-36(43)20-16-33-18-22-38(45-25-11-23-41)40(27-33)47-30-34-13-9-8-10-14-34/h5-6,8-10,12-22,26-27H,2-4,7,11,23-25,28-30,41H2,1H3/p+1/b19-15+,20-16+,31-12+. The van der Waals surface area contributed by atoms with Crippen LogP contribution in [0.25, 0.3) is 12.2 Å². The maximum Gasteiger partial charge on any atom is 0.163 e. The number of carbonyl (C=O) groups is 2. The van der Waals surface area contributed by atoms with E-state index in [0.29, 0.717) is 49.4 Å². The van der Waals surface area contributed by atoms with Crippen LogP contribution in [0.2, 0.25) is 0 Å². The number of allylic oxidation sites excluding steroid dienone is 4. The van der Waals surface area contributed by atoms with E-state index in [1.165, 1.54) is 12.2 Å². The lowest BCUT2D eigenvalue weighted by molar-refractivity contribution is -0.368. The molecule has 0 aromatic heterocycles. The summed E-state index contributed by atoms with van der Waals surface area (Å²) in [7, 11) is 0. The molecule has 47 heavy (non-hydrogen) atoms. The van der Waals surface area contributed by atoms with Gasteiger partial charge in [0.15, 0.2) is 34.6 Å². The number of ether oxygens (including phenoxy) is 4. The van der Waals surface area contributed by atoms with Gasteiger partial charge >= 0.3 is 0 Å². The van der Waals surface area contributed by atoms with Crippen molar-refractivity contribution in [2.75, 3.05) is 26.4 Å². The summed E-state index contributed by atoms with van der Waals surface area (Å²) < 4.78 is 23.9. The minimum absolute atomic E-state index is 0.257. The van der Waals surface area contributed by atoms with Crippen molar-refractivity contribution < 1.29 is 34.3 Å². The largest absolute Gasteiger partial charge is 0.490 e. The maximum atomic E-state index is 12.7. The molecule has 246 valence electrons. The van der Waals surface area contributed by atoms with Crippen LogP contribution in [0.15, 0.2) is 116 Å². The van der Waals surface area contributed by atoms with Gasteiger partial charge < -0.3 is 24.7 Å². The predicted molar refractivity (Wildman–Crippen MR) is 189 cm³/mol. The zero-order valence-corrected chi connectivity index (χ0v) is 27.3. The molecule has 0 atom stereocenters. The Morgan fingerprint density at radius 2 is 1.34 bits per heavy atom. The predicted octanol–water partition coefficient (Wildman–Crippen LogP) is 7.39. The van der Waals surface area contributed by atoms with Crippen molar-refractivity contribution >= 4 is 23.7 Å². The SMILES string of the molecule is C=C/C=C(\C=C)COc1cc(/C=C/C(=O)CC(=O)/C=C/c2ccc(OCCC[NH3+])c(OCc3ccccc3)c2)ccc1OCCCC. The van der Waals surface area contributed by atoms with Crippen LogP contribution in [0.5, 0.6) is 23.0 Å². The Balaban J connectivity index is 1.65. The Morgan fingerprint density at radius 3 is 1.89 bits per heavy atom. The third-order valence-electron chi connectivity index (χ3n) is 6.84. The lowest BCUT2D eigenvalue weighted by Gasteiger charge is -2.14. The molecular weight excluding hydrogens is 590 g/mol. The van der Waals surface area contributed by atoms with Gasteiger partial charge in [-0.2, -0.15) is 0 Å². The highest BCUT2D eigenvalue weighted by atomic mass is 16.5. The van der Waals surface area contributed by atoms with E-state index in [1.807, 2.05) is 72.8 Å². The molecule has 0 fully saturated rings. The summed E-state index contributed by atoms with van der Waals surface area (Å²) in [6, 6.07) is 20.8. The van der Waals surface area contributed by atoms with Gasteiger partial charge in [0.1, 0.15) is 13.2 Å². The van der Waals surface area contributed by atoms with E-state index in [2.05, 4.69) is 25.8 Å². The van der Waals surface area contributed by atoms with Crippen LogP contribution in [-0.2, 0) is 16.2 Å². The van der Waals surface area contributed by atoms with Crippen molar-refractivity contribution in [3.8, 4) is 23.0 Å². The maximum absolute atomic E-state index is 12.7. The van der Waals surface area contributed by atoms with Crippen LogP contribution >= 0.6 is 0 Å². The first-order chi connectivity index (χ1) is 22.9. The molecule has 3 aromatic rings. The zero-order valence-electron chi connectivity index (χ0n) is 27.3. The first kappa shape index (κ1) is 36.3. The smallest absolute Gasteiger partial charge is 0.163 e. The van der Waals surface area contributed by atoms with Crippen LogP contribution in [0.3, 0.4) is 0 Å². The number of hydrogen-bond acceptors (Lipinski definition) is 6. The molecule has 7 nitrogen and oxygen atoms in total. The average Bonchev–Trinajstić information content (AvgIpc) is 3.09. The molecule has 0 aliphatic rings. The third kappa shape index (κ3) is 13.4. The molecule has 0 saturated heterocycles. The van der Waals surface area contributed by atoms with E-state index in [1.54, 1.807) is 24.3 Å². The molecule has 3 aromatic carbocycles. The van der Waals surface area contributed by atoms with Gasteiger partial charge in [-0.1, -0.05) is 99.3 Å². The highest BCUT2D eigenvalue weighted by molar-refractivity contribution is 6.10. The van der Waals surface area contributed by atoms with Crippen LogP contribution in [0.1, 0.15) is 49.3 Å². The molecule has 0 radical (unpaired) electrons. The average molecular weight is 637 g/mol. The summed E-state index contributed by atoms with van der Waals surface area (Å²) in [6.07, 6.45) is 13.9. The Kier molecular flexibility index (Phi) is 16.1. The number of ketones is 2. The normalized spacial score (nSPS) is 11.4. The second-order valence-corrected chi connectivity index (χ2v) is 10.7. The summed E-state index contributed by atoms with van der Waals surface area (Å²) >= 11 is 0. The van der Waals surface area contributed by atoms with Crippen LogP contribution in [0.4, 0.5) is 0 Å². The van der Waals surface area contributed by atoms with Crippen LogP contribution < -0.4 is 24.7 Å². The molecule has 3 rings (SSSR count). The molecule has 0 spiro atoms. The molecule has 7 heteroatoms. The molecular formula is C40H46NO6+. The van der Waals surface area contributed by atoms with Gasteiger partial charge in [-0.15, -0.1) is 0 Å². The Bertz CT molecular complexity index is 1550. The number of rotatable bonds is 22. The van der Waals surface area contributed by atoms with E-state index in [0.717, 1.165) is 48.1 Å². The van der Waals surface area contributed by atoms with Gasteiger partial charge in [-0.3, -0.25) is 9.59 Å². The van der Waals surface area contributed by atoms with Gasteiger partial charge in [0.05, 0.1) is 26.2 Å². The molecule has 3 N–H and O–H groups in total. The van der Waals surface area contributed by atoms with E-state index in [-0.39, 0.29) is 18.0 Å². The Labute approximate surface area is 278 Å². The summed E-state index contributed by atoms with van der Waals surface area (Å²) in [5.41, 5.74) is 7.25. The molecule has 0 amide bonds. The van der Waals surface area contributed by atoms with Gasteiger partial charge in [0, 0.05) is 6.42 Å². The van der Waals surface area contributed by atoms with Gasteiger partial charge in [0.25, 0.3) is 0 Å². The van der Waals surface area contributed by atoms with Crippen LogP contribution in [-0.4, -0.2) is 37.9 Å². The second kappa shape index (κ2) is 20.8. The summed E-state index contributed by atoms with van der Waals surface area (Å²) in [6.45, 7) is 12.2. The first-order valence-electron chi connectivity index (χ1n) is 15.9. The van der Waals surface area contributed by atoms with Crippen molar-refractivity contribution in [1.82, 2.24) is 0 Å². The second-order valence-electron chi connectivity index (χ2n) is 10.7. The van der Waals surface area contributed by atoms with Crippen molar-refractivity contribution in [3.63, 3.8) is 0 Å². The third-order valence-corrected chi connectivity index (χ3v) is 6.84. The zero-order chi connectivity index (χ0) is 33.7. The highest BCUT2D eigenvalue weighted by Gasteiger charge is 2.10. The van der Waals surface area contributed by atoms with E-state index < -0.39 is 0 Å². The summed E-state index contributed by atoms with van der Waals surface area (Å²) in [5, 5.41) is 0. The highest BCUT2D eigenvalue weighted by Crippen LogP contribution is 2.31. The summed E-state index contributed by atoms with van der Waals surface area (Å²) in [4.78, 5) is 25.3. The lowest BCUT2D eigenvalue weighted by Crippen LogP contribution is -2.50. The molecule has 0 aliphatic heterocycles. The van der Waals surface area contributed by atoms with Crippen molar-refractivity contribution in [2.24, 2.45) is 0 Å². The molecule has 0 saturated carbocycles. The monoisotopic (exact) mass is 636 g/mol. The first-order valence-corrected chi connectivity index (χ1v) is 15.9. The Morgan fingerprint density at radius 1 is 0.745 bits per heavy atom. The van der Waals surface area contributed by atoms with Crippen molar-refractivity contribution in [2.45, 2.75) is 39.2 Å². The van der Waals surface area contributed by atoms with E-state index >= 15 is 0 Å². The number of unbranched alkanes of at least 4 members (excludes halogenated alkanes) is 1. The van der Waals surface area contributed by atoms with Gasteiger partial charge in [-0.05, 0) is 65.1 Å². The molecule has 0 unspecified atom stereocenters. The quantitative estimate of drug-likeness (QED) is 0.0535. The number of benzene rings is 3. The fourth-order valence-electron chi connectivity index (χ4n) is 4.22. The summed E-state index contributed by atoms with van der Waals surface area (Å²) in [5.74, 6) is 1.76. The molecule has 0 aliphatic carbocycles. The Hall–Kier alpha value is -5.14. The van der Waals surface area contributed by atoms with Crippen LogP contribution in [0, 0.1) is 0 Å². The minimum Gasteiger partial charge on any atom is -0.490 e. The molecule has 0 bridgehead atoms. The van der Waals surface area contributed by atoms with E-state index in [9.17, 15) is 9.59 Å². The topological polar surface area (TPSA) is 98.7 Å². The van der Waals surface area contributed by atoms with E-state index in [4.69, 9.17) is 18.9 Å². The fourth-order valence-corrected chi connectivity index (χ4v) is 4.22. The number of quaternary nitrogens is 1. The van der Waals surface area contributed by atoms with Gasteiger partial charge in [0.2, 0.25) is 0 Å². The number of hydrogen-bond donors (Lipinski definition) is 1.